The molecule has 0 aromatic rings. The summed E-state index contributed by atoms with van der Waals surface area (Å²) in [6, 6.07) is 0. The van der Waals surface area contributed by atoms with Gasteiger partial charge in [0, 0.05) is 4.75 Å². The molecule has 0 radical (unpaired) electrons. The van der Waals surface area contributed by atoms with Gasteiger partial charge in [0.25, 0.3) is 0 Å². The zero-order valence-corrected chi connectivity index (χ0v) is 25.2. The Hall–Kier alpha value is 0.350. The molecule has 0 aromatic heterocycles. The molecule has 0 bridgehead atoms. The van der Waals surface area contributed by atoms with Crippen molar-refractivity contribution in [2.24, 2.45) is 46.8 Å². The van der Waals surface area contributed by atoms with Gasteiger partial charge in [-0.25, -0.2) is 0 Å². The summed E-state index contributed by atoms with van der Waals surface area (Å²) < 4.78 is 0.439. The summed E-state index contributed by atoms with van der Waals surface area (Å²) in [6.45, 7) is 22.0. The molecule has 2 fully saturated rings. The smallest absolute Gasteiger partial charge is 0.0101 e. The highest BCUT2D eigenvalue weighted by molar-refractivity contribution is 8.00. The minimum Gasteiger partial charge on any atom is -0.155 e. The standard InChI is InChI=1S/C32H62S/c1-10-15-25(6)21-26(20-24(5)11-2)22-30-27(28-17-18-29(28)30)16-14-19-32(9,13-4)23-33-31(7,8)12-3/h24-30H,10-23H2,1-9H3. The Balaban J connectivity index is 1.89. The van der Waals surface area contributed by atoms with Gasteiger partial charge in [0.2, 0.25) is 0 Å². The lowest BCUT2D eigenvalue weighted by Gasteiger charge is -2.61. The Morgan fingerprint density at radius 3 is 2.03 bits per heavy atom. The van der Waals surface area contributed by atoms with Crippen molar-refractivity contribution >= 4 is 11.8 Å². The molecule has 196 valence electrons. The molecule has 8 unspecified atom stereocenters. The van der Waals surface area contributed by atoms with E-state index in [1.807, 2.05) is 0 Å². The van der Waals surface area contributed by atoms with Crippen LogP contribution in [0.2, 0.25) is 0 Å². The van der Waals surface area contributed by atoms with Crippen LogP contribution < -0.4 is 0 Å². The van der Waals surface area contributed by atoms with Crippen LogP contribution >= 0.6 is 11.8 Å². The van der Waals surface area contributed by atoms with Crippen molar-refractivity contribution in [1.82, 2.24) is 0 Å². The summed E-state index contributed by atoms with van der Waals surface area (Å²) in [5.41, 5.74) is 0.532. The molecular weight excluding hydrogens is 416 g/mol. The maximum Gasteiger partial charge on any atom is 0.0101 e. The fraction of sp³-hybridized carbons (Fsp3) is 1.00. The predicted molar refractivity (Wildman–Crippen MR) is 153 cm³/mol. The van der Waals surface area contributed by atoms with Crippen molar-refractivity contribution in [2.75, 3.05) is 5.75 Å². The van der Waals surface area contributed by atoms with Gasteiger partial charge in [-0.05, 0) is 110 Å². The Kier molecular flexibility index (Phi) is 12.2. The van der Waals surface area contributed by atoms with Crippen LogP contribution in [0, 0.1) is 46.8 Å². The lowest BCUT2D eigenvalue weighted by atomic mass is 9.44. The Morgan fingerprint density at radius 1 is 0.848 bits per heavy atom. The van der Waals surface area contributed by atoms with Gasteiger partial charge in [0.1, 0.15) is 0 Å². The van der Waals surface area contributed by atoms with E-state index in [2.05, 4.69) is 74.1 Å². The molecule has 0 aliphatic heterocycles. The van der Waals surface area contributed by atoms with Crippen molar-refractivity contribution in [1.29, 1.82) is 0 Å². The number of rotatable bonds is 18. The van der Waals surface area contributed by atoms with E-state index >= 15 is 0 Å². The average molecular weight is 479 g/mol. The SMILES string of the molecule is CCCC(C)CC(CC(C)CC)CC1C(CCCC(C)(CC)CSC(C)(C)CC)C2CCC21. The molecule has 2 saturated carbocycles. The molecule has 0 amide bonds. The third-order valence-corrected chi connectivity index (χ3v) is 12.3. The van der Waals surface area contributed by atoms with E-state index < -0.39 is 0 Å². The third kappa shape index (κ3) is 8.75. The highest BCUT2D eigenvalue weighted by Crippen LogP contribution is 2.62. The zero-order valence-electron chi connectivity index (χ0n) is 24.3. The summed E-state index contributed by atoms with van der Waals surface area (Å²) in [5.74, 6) is 8.56. The number of thioether (sulfide) groups is 1. The summed E-state index contributed by atoms with van der Waals surface area (Å²) in [6.07, 6.45) is 18.9. The fourth-order valence-corrected chi connectivity index (χ4v) is 8.35. The van der Waals surface area contributed by atoms with Crippen LogP contribution in [0.3, 0.4) is 0 Å². The first-order valence-electron chi connectivity index (χ1n) is 15.2. The zero-order chi connectivity index (χ0) is 24.6. The molecular formula is C32H62S. The van der Waals surface area contributed by atoms with Gasteiger partial charge in [-0.2, -0.15) is 11.8 Å². The van der Waals surface area contributed by atoms with Crippen molar-refractivity contribution in [3.63, 3.8) is 0 Å². The summed E-state index contributed by atoms with van der Waals surface area (Å²) in [7, 11) is 0. The van der Waals surface area contributed by atoms with E-state index in [9.17, 15) is 0 Å². The molecule has 0 saturated heterocycles. The van der Waals surface area contributed by atoms with E-state index in [1.54, 1.807) is 19.3 Å². The third-order valence-electron chi connectivity index (χ3n) is 10.4. The van der Waals surface area contributed by atoms with Crippen molar-refractivity contribution in [2.45, 2.75) is 151 Å². The van der Waals surface area contributed by atoms with E-state index in [0.29, 0.717) is 10.2 Å². The summed E-state index contributed by atoms with van der Waals surface area (Å²) in [5, 5.41) is 0. The quantitative estimate of drug-likeness (QED) is 0.189. The fourth-order valence-electron chi connectivity index (χ4n) is 7.06. The summed E-state index contributed by atoms with van der Waals surface area (Å²) in [4.78, 5) is 0. The van der Waals surface area contributed by atoms with Crippen LogP contribution in [-0.4, -0.2) is 10.5 Å². The van der Waals surface area contributed by atoms with E-state index in [1.165, 1.54) is 70.0 Å². The second-order valence-corrected chi connectivity index (χ2v) is 15.4. The van der Waals surface area contributed by atoms with E-state index in [4.69, 9.17) is 0 Å². The molecule has 2 rings (SSSR count). The van der Waals surface area contributed by atoms with Crippen LogP contribution in [0.5, 0.6) is 0 Å². The van der Waals surface area contributed by atoms with E-state index in [-0.39, 0.29) is 0 Å². The molecule has 0 spiro atoms. The monoisotopic (exact) mass is 478 g/mol. The Bertz CT molecular complexity index is 539. The van der Waals surface area contributed by atoms with Gasteiger partial charge in [-0.1, -0.05) is 88.0 Å². The van der Waals surface area contributed by atoms with Gasteiger partial charge in [0.05, 0.1) is 0 Å². The maximum atomic E-state index is 2.58. The number of hydrogen-bond donors (Lipinski definition) is 0. The highest BCUT2D eigenvalue weighted by atomic mass is 32.2. The molecule has 8 atom stereocenters. The molecule has 0 heterocycles. The molecule has 2 aliphatic rings. The molecule has 2 aliphatic carbocycles. The molecule has 0 aromatic carbocycles. The van der Waals surface area contributed by atoms with Crippen LogP contribution in [0.25, 0.3) is 0 Å². The maximum absolute atomic E-state index is 2.58. The molecule has 33 heavy (non-hydrogen) atoms. The van der Waals surface area contributed by atoms with Gasteiger partial charge in [0.15, 0.2) is 0 Å². The normalized spacial score (nSPS) is 29.4. The lowest BCUT2D eigenvalue weighted by Crippen LogP contribution is -2.53. The largest absolute Gasteiger partial charge is 0.155 e. The predicted octanol–water partition coefficient (Wildman–Crippen LogP) is 11.0. The first-order valence-corrected chi connectivity index (χ1v) is 16.2. The van der Waals surface area contributed by atoms with Crippen LogP contribution in [0.1, 0.15) is 146 Å². The topological polar surface area (TPSA) is 0 Å². The van der Waals surface area contributed by atoms with Crippen LogP contribution in [0.15, 0.2) is 0 Å². The van der Waals surface area contributed by atoms with Gasteiger partial charge >= 0.3 is 0 Å². The van der Waals surface area contributed by atoms with Crippen LogP contribution in [-0.2, 0) is 0 Å². The van der Waals surface area contributed by atoms with Gasteiger partial charge in [-0.15, -0.1) is 0 Å². The average Bonchev–Trinajstić information content (AvgIpc) is 2.76. The first kappa shape index (κ1) is 29.6. The van der Waals surface area contributed by atoms with E-state index in [0.717, 1.165) is 41.4 Å². The highest BCUT2D eigenvalue weighted by Gasteiger charge is 2.54. The first-order chi connectivity index (χ1) is 15.6. The van der Waals surface area contributed by atoms with Gasteiger partial charge < -0.3 is 0 Å². The minimum atomic E-state index is 0.439. The van der Waals surface area contributed by atoms with Crippen molar-refractivity contribution in [3.8, 4) is 0 Å². The number of hydrogen-bond acceptors (Lipinski definition) is 1. The second kappa shape index (κ2) is 13.6. The van der Waals surface area contributed by atoms with Crippen molar-refractivity contribution in [3.05, 3.63) is 0 Å². The lowest BCUT2D eigenvalue weighted by molar-refractivity contribution is -0.118. The van der Waals surface area contributed by atoms with Crippen LogP contribution in [0.4, 0.5) is 0 Å². The Morgan fingerprint density at radius 2 is 1.48 bits per heavy atom. The Labute approximate surface area is 214 Å². The molecule has 1 heteroatoms. The molecule has 0 N–H and O–H groups in total. The number of fused-ring (bicyclic) bond motifs is 1. The van der Waals surface area contributed by atoms with Crippen molar-refractivity contribution < 1.29 is 0 Å². The minimum absolute atomic E-state index is 0.439. The molecule has 0 nitrogen and oxygen atoms in total. The summed E-state index contributed by atoms with van der Waals surface area (Å²) >= 11 is 2.23. The second-order valence-electron chi connectivity index (χ2n) is 13.7. The van der Waals surface area contributed by atoms with Gasteiger partial charge in [-0.3, -0.25) is 0 Å².